The van der Waals surface area contributed by atoms with Crippen LogP contribution in [0.5, 0.6) is 0 Å². The van der Waals surface area contributed by atoms with E-state index in [1.165, 1.54) is 25.0 Å². The van der Waals surface area contributed by atoms with Gasteiger partial charge in [0.1, 0.15) is 17.9 Å². The maximum atomic E-state index is 13.1. The van der Waals surface area contributed by atoms with E-state index >= 15 is 0 Å². The predicted octanol–water partition coefficient (Wildman–Crippen LogP) is 4.61. The van der Waals surface area contributed by atoms with Gasteiger partial charge in [-0.2, -0.15) is 0 Å². The Bertz CT molecular complexity index is 889. The van der Waals surface area contributed by atoms with Crippen LogP contribution in [0.15, 0.2) is 59.3 Å². The molecule has 0 aliphatic carbocycles. The van der Waals surface area contributed by atoms with Crippen molar-refractivity contribution in [1.82, 2.24) is 14.9 Å². The third-order valence-electron chi connectivity index (χ3n) is 5.58. The Morgan fingerprint density at radius 2 is 1.93 bits per heavy atom. The summed E-state index contributed by atoms with van der Waals surface area (Å²) in [5.41, 5.74) is 1.71. The number of hydrogen-bond acceptors (Lipinski definition) is 5. The van der Waals surface area contributed by atoms with Crippen LogP contribution in [0.3, 0.4) is 0 Å². The van der Waals surface area contributed by atoms with E-state index in [9.17, 15) is 4.39 Å². The summed E-state index contributed by atoms with van der Waals surface area (Å²) in [6.45, 7) is 7.09. The lowest BCUT2D eigenvalue weighted by Crippen LogP contribution is -2.39. The number of halogens is 1. The fraction of sp³-hybridized carbons (Fsp3) is 0.391. The van der Waals surface area contributed by atoms with E-state index < -0.39 is 0 Å². The normalized spacial score (nSPS) is 15.2. The highest BCUT2D eigenvalue weighted by Gasteiger charge is 2.22. The molecule has 6 heteroatoms. The number of nitrogens with zero attached hydrogens (tertiary/aromatic N) is 4. The lowest BCUT2D eigenvalue weighted by Gasteiger charge is -2.35. The van der Waals surface area contributed by atoms with E-state index in [-0.39, 0.29) is 5.82 Å². The van der Waals surface area contributed by atoms with Crippen molar-refractivity contribution in [2.75, 3.05) is 31.1 Å². The summed E-state index contributed by atoms with van der Waals surface area (Å²) in [5, 5.41) is 0. The average Bonchev–Trinajstić information content (AvgIpc) is 3.23. The third kappa shape index (κ3) is 5.01. The molecule has 0 radical (unpaired) electrons. The van der Waals surface area contributed by atoms with Gasteiger partial charge in [0.2, 0.25) is 5.89 Å². The van der Waals surface area contributed by atoms with Gasteiger partial charge in [0.05, 0.1) is 5.69 Å². The van der Waals surface area contributed by atoms with Gasteiger partial charge in [-0.25, -0.2) is 14.4 Å². The molecule has 0 saturated carbocycles. The minimum Gasteiger partial charge on any atom is -0.444 e. The highest BCUT2D eigenvalue weighted by molar-refractivity contribution is 5.52. The predicted molar refractivity (Wildman–Crippen MR) is 112 cm³/mol. The summed E-state index contributed by atoms with van der Waals surface area (Å²) < 4.78 is 18.7. The van der Waals surface area contributed by atoms with Crippen LogP contribution < -0.4 is 4.90 Å². The Morgan fingerprint density at radius 3 is 2.62 bits per heavy atom. The zero-order chi connectivity index (χ0) is 20.1. The average molecular weight is 394 g/mol. The molecule has 1 saturated heterocycles. The zero-order valence-electron chi connectivity index (χ0n) is 16.8. The highest BCUT2D eigenvalue weighted by Crippen LogP contribution is 2.24. The van der Waals surface area contributed by atoms with Crippen LogP contribution in [0.1, 0.15) is 25.5 Å². The van der Waals surface area contributed by atoms with E-state index in [1.54, 1.807) is 18.4 Å². The quantitative estimate of drug-likeness (QED) is 0.585. The summed E-state index contributed by atoms with van der Waals surface area (Å²) in [5.74, 6) is 2.04. The molecule has 3 aromatic rings. The van der Waals surface area contributed by atoms with Crippen molar-refractivity contribution in [3.05, 3.63) is 66.4 Å². The van der Waals surface area contributed by atoms with Crippen LogP contribution in [0.2, 0.25) is 0 Å². The summed E-state index contributed by atoms with van der Waals surface area (Å²) in [6, 6.07) is 12.3. The van der Waals surface area contributed by atoms with Gasteiger partial charge in [-0.15, -0.1) is 0 Å². The molecule has 4 rings (SSSR count). The minimum atomic E-state index is -0.258. The number of hydrogen-bond donors (Lipinski definition) is 0. The van der Waals surface area contributed by atoms with E-state index in [2.05, 4.69) is 32.8 Å². The molecule has 1 aliphatic rings. The zero-order valence-corrected chi connectivity index (χ0v) is 16.8. The number of piperidine rings is 1. The molecule has 0 spiro atoms. The molecule has 0 atom stereocenters. The molecule has 3 heterocycles. The van der Waals surface area contributed by atoms with Crippen molar-refractivity contribution in [2.45, 2.75) is 26.3 Å². The minimum absolute atomic E-state index is 0.258. The van der Waals surface area contributed by atoms with Gasteiger partial charge in [0, 0.05) is 37.9 Å². The summed E-state index contributed by atoms with van der Waals surface area (Å²) in [6.07, 6.45) is 5.92. The lowest BCUT2D eigenvalue weighted by atomic mass is 9.96. The van der Waals surface area contributed by atoms with Gasteiger partial charge in [-0.05, 0) is 61.7 Å². The molecule has 1 fully saturated rings. The number of rotatable bonds is 7. The monoisotopic (exact) mass is 394 g/mol. The molecule has 0 N–H and O–H groups in total. The summed E-state index contributed by atoms with van der Waals surface area (Å²) in [4.78, 5) is 13.9. The molecule has 152 valence electrons. The van der Waals surface area contributed by atoms with Gasteiger partial charge in [0.15, 0.2) is 0 Å². The molecule has 2 aromatic heterocycles. The van der Waals surface area contributed by atoms with Crippen molar-refractivity contribution in [3.8, 4) is 11.5 Å². The Morgan fingerprint density at radius 1 is 1.14 bits per heavy atom. The number of anilines is 1. The SMILES string of the molecule is CCN(Cc1coc(-c2ccc(F)cc2)n1)CC1CCN(c2ccccn2)CC1. The number of pyridine rings is 1. The van der Waals surface area contributed by atoms with Crippen molar-refractivity contribution in [1.29, 1.82) is 0 Å². The van der Waals surface area contributed by atoms with Crippen molar-refractivity contribution >= 4 is 5.82 Å². The summed E-state index contributed by atoms with van der Waals surface area (Å²) >= 11 is 0. The van der Waals surface area contributed by atoms with Crippen LogP contribution in [-0.2, 0) is 6.54 Å². The van der Waals surface area contributed by atoms with Gasteiger partial charge in [0.25, 0.3) is 0 Å². The second-order valence-corrected chi connectivity index (χ2v) is 7.60. The fourth-order valence-electron chi connectivity index (χ4n) is 3.89. The Labute approximate surface area is 171 Å². The molecule has 0 unspecified atom stereocenters. The summed E-state index contributed by atoms with van der Waals surface area (Å²) in [7, 11) is 0. The first-order valence-electron chi connectivity index (χ1n) is 10.3. The van der Waals surface area contributed by atoms with E-state index in [1.807, 2.05) is 18.3 Å². The number of aromatic nitrogens is 2. The third-order valence-corrected chi connectivity index (χ3v) is 5.58. The van der Waals surface area contributed by atoms with E-state index in [4.69, 9.17) is 4.42 Å². The number of benzene rings is 1. The van der Waals surface area contributed by atoms with Crippen molar-refractivity contribution in [2.24, 2.45) is 5.92 Å². The van der Waals surface area contributed by atoms with Crippen LogP contribution in [-0.4, -0.2) is 41.0 Å². The maximum Gasteiger partial charge on any atom is 0.226 e. The Balaban J connectivity index is 1.31. The molecule has 5 nitrogen and oxygen atoms in total. The molecule has 1 aliphatic heterocycles. The molecule has 0 bridgehead atoms. The molecule has 1 aromatic carbocycles. The van der Waals surface area contributed by atoms with Crippen LogP contribution in [0, 0.1) is 11.7 Å². The molecule has 0 amide bonds. The van der Waals surface area contributed by atoms with Crippen LogP contribution in [0.4, 0.5) is 10.2 Å². The maximum absolute atomic E-state index is 13.1. The lowest BCUT2D eigenvalue weighted by molar-refractivity contribution is 0.211. The van der Waals surface area contributed by atoms with E-state index in [0.717, 1.165) is 49.8 Å². The van der Waals surface area contributed by atoms with Gasteiger partial charge >= 0.3 is 0 Å². The first kappa shape index (κ1) is 19.6. The standard InChI is InChI=1S/C23H27FN4O/c1-2-27(15-18-10-13-28(14-11-18)22-5-3-4-12-25-22)16-21-17-29-23(26-21)19-6-8-20(24)9-7-19/h3-9,12,17-18H,2,10-11,13-16H2,1H3. The first-order chi connectivity index (χ1) is 14.2. The largest absolute Gasteiger partial charge is 0.444 e. The van der Waals surface area contributed by atoms with Crippen LogP contribution in [0.25, 0.3) is 11.5 Å². The van der Waals surface area contributed by atoms with Crippen LogP contribution >= 0.6 is 0 Å². The van der Waals surface area contributed by atoms with Gasteiger partial charge < -0.3 is 9.32 Å². The molecular weight excluding hydrogens is 367 g/mol. The number of oxazole rings is 1. The second-order valence-electron chi connectivity index (χ2n) is 7.60. The Hall–Kier alpha value is -2.73. The van der Waals surface area contributed by atoms with Gasteiger partial charge in [-0.1, -0.05) is 13.0 Å². The van der Waals surface area contributed by atoms with Gasteiger partial charge in [-0.3, -0.25) is 4.90 Å². The molecular formula is C23H27FN4O. The topological polar surface area (TPSA) is 45.4 Å². The molecule has 29 heavy (non-hydrogen) atoms. The first-order valence-corrected chi connectivity index (χ1v) is 10.3. The van der Waals surface area contributed by atoms with E-state index in [0.29, 0.717) is 11.8 Å². The van der Waals surface area contributed by atoms with Crippen molar-refractivity contribution in [3.63, 3.8) is 0 Å². The second kappa shape index (κ2) is 9.18. The highest BCUT2D eigenvalue weighted by atomic mass is 19.1. The van der Waals surface area contributed by atoms with Crippen molar-refractivity contribution < 1.29 is 8.81 Å². The smallest absolute Gasteiger partial charge is 0.226 e. The Kier molecular flexibility index (Phi) is 6.20. The fourth-order valence-corrected chi connectivity index (χ4v) is 3.89.